The zero-order valence-corrected chi connectivity index (χ0v) is 9.83. The van der Waals surface area contributed by atoms with Crippen molar-refractivity contribution in [2.24, 2.45) is 0 Å². The summed E-state index contributed by atoms with van der Waals surface area (Å²) < 4.78 is 5.06. The van der Waals surface area contributed by atoms with Gasteiger partial charge in [-0.1, -0.05) is 6.07 Å². The number of ether oxygens (including phenoxy) is 1. The van der Waals surface area contributed by atoms with Gasteiger partial charge >= 0.3 is 0 Å². The van der Waals surface area contributed by atoms with Gasteiger partial charge in [0, 0.05) is 30.2 Å². The van der Waals surface area contributed by atoms with Crippen molar-refractivity contribution in [3.8, 4) is 5.88 Å². The van der Waals surface area contributed by atoms with Crippen molar-refractivity contribution in [3.05, 3.63) is 40.5 Å². The number of aromatic nitrogens is 2. The van der Waals surface area contributed by atoms with E-state index in [1.165, 1.54) is 4.88 Å². The zero-order chi connectivity index (χ0) is 11.2. The van der Waals surface area contributed by atoms with E-state index in [0.717, 1.165) is 18.8 Å². The first-order valence-corrected chi connectivity index (χ1v) is 5.84. The Labute approximate surface area is 98.3 Å². The Kier molecular flexibility index (Phi) is 3.85. The SMILES string of the molecule is COc1cccc(CNCc2cncs2)n1. The summed E-state index contributed by atoms with van der Waals surface area (Å²) in [6.07, 6.45) is 1.87. The fourth-order valence-electron chi connectivity index (χ4n) is 1.31. The van der Waals surface area contributed by atoms with Crippen molar-refractivity contribution >= 4 is 11.3 Å². The molecule has 2 aromatic heterocycles. The van der Waals surface area contributed by atoms with E-state index in [9.17, 15) is 0 Å². The van der Waals surface area contributed by atoms with Crippen LogP contribution in [0.4, 0.5) is 0 Å². The van der Waals surface area contributed by atoms with Crippen LogP contribution >= 0.6 is 11.3 Å². The van der Waals surface area contributed by atoms with Gasteiger partial charge in [0.05, 0.1) is 18.3 Å². The molecule has 2 aromatic rings. The first-order valence-electron chi connectivity index (χ1n) is 4.96. The molecule has 0 saturated carbocycles. The van der Waals surface area contributed by atoms with E-state index in [-0.39, 0.29) is 0 Å². The summed E-state index contributed by atoms with van der Waals surface area (Å²) in [5, 5.41) is 3.31. The smallest absolute Gasteiger partial charge is 0.213 e. The Bertz CT molecular complexity index is 431. The number of pyridine rings is 1. The fourth-order valence-corrected chi connectivity index (χ4v) is 1.88. The molecule has 16 heavy (non-hydrogen) atoms. The van der Waals surface area contributed by atoms with Crippen LogP contribution in [0.3, 0.4) is 0 Å². The predicted octanol–water partition coefficient (Wildman–Crippen LogP) is 1.84. The van der Waals surface area contributed by atoms with Crippen molar-refractivity contribution in [2.75, 3.05) is 7.11 Å². The number of thiazole rings is 1. The predicted molar refractivity (Wildman–Crippen MR) is 63.4 cm³/mol. The average Bonchev–Trinajstić information content (AvgIpc) is 2.82. The molecule has 0 bridgehead atoms. The average molecular weight is 235 g/mol. The Balaban J connectivity index is 1.85. The third-order valence-corrected chi connectivity index (χ3v) is 2.86. The van der Waals surface area contributed by atoms with Crippen LogP contribution < -0.4 is 10.1 Å². The molecular weight excluding hydrogens is 222 g/mol. The van der Waals surface area contributed by atoms with E-state index >= 15 is 0 Å². The summed E-state index contributed by atoms with van der Waals surface area (Å²) in [5.41, 5.74) is 2.81. The van der Waals surface area contributed by atoms with Gasteiger partial charge in [0.15, 0.2) is 0 Å². The van der Waals surface area contributed by atoms with Crippen LogP contribution in [0.1, 0.15) is 10.6 Å². The summed E-state index contributed by atoms with van der Waals surface area (Å²) in [5.74, 6) is 0.650. The van der Waals surface area contributed by atoms with Gasteiger partial charge in [-0.3, -0.25) is 4.98 Å². The van der Waals surface area contributed by atoms with E-state index in [1.807, 2.05) is 29.9 Å². The van der Waals surface area contributed by atoms with Crippen LogP contribution in [0.2, 0.25) is 0 Å². The van der Waals surface area contributed by atoms with Gasteiger partial charge in [0.25, 0.3) is 0 Å². The molecule has 0 amide bonds. The number of methoxy groups -OCH3 is 1. The molecule has 2 rings (SSSR count). The van der Waals surface area contributed by atoms with Gasteiger partial charge in [-0.15, -0.1) is 11.3 Å². The van der Waals surface area contributed by atoms with Gasteiger partial charge < -0.3 is 10.1 Å². The topological polar surface area (TPSA) is 47.0 Å². The van der Waals surface area contributed by atoms with Crippen molar-refractivity contribution in [1.82, 2.24) is 15.3 Å². The van der Waals surface area contributed by atoms with E-state index in [2.05, 4.69) is 15.3 Å². The molecule has 0 aliphatic heterocycles. The first kappa shape index (κ1) is 11.0. The third kappa shape index (κ3) is 3.01. The highest BCUT2D eigenvalue weighted by molar-refractivity contribution is 7.09. The van der Waals surface area contributed by atoms with Gasteiger partial charge in [-0.25, -0.2) is 4.98 Å². The Morgan fingerprint density at radius 3 is 3.06 bits per heavy atom. The molecule has 5 heteroatoms. The Morgan fingerprint density at radius 2 is 2.31 bits per heavy atom. The van der Waals surface area contributed by atoms with Gasteiger partial charge in [0.2, 0.25) is 5.88 Å². The van der Waals surface area contributed by atoms with Crippen molar-refractivity contribution < 1.29 is 4.74 Å². The standard InChI is InChI=1S/C11H13N3OS/c1-15-11-4-2-3-9(14-11)5-12-6-10-7-13-8-16-10/h2-4,7-8,12H,5-6H2,1H3. The van der Waals surface area contributed by atoms with Gasteiger partial charge in [-0.2, -0.15) is 0 Å². The lowest BCUT2D eigenvalue weighted by atomic mass is 10.3. The quantitative estimate of drug-likeness (QED) is 0.859. The van der Waals surface area contributed by atoms with Crippen LogP contribution in [0.15, 0.2) is 29.9 Å². The molecule has 0 aliphatic rings. The lowest BCUT2D eigenvalue weighted by Crippen LogP contribution is -2.12. The number of nitrogens with one attached hydrogen (secondary N) is 1. The maximum atomic E-state index is 5.06. The molecule has 0 aromatic carbocycles. The molecule has 0 saturated heterocycles. The largest absolute Gasteiger partial charge is 0.481 e. The van der Waals surface area contributed by atoms with Crippen LogP contribution in [0.25, 0.3) is 0 Å². The second kappa shape index (κ2) is 5.58. The molecule has 84 valence electrons. The number of nitrogens with zero attached hydrogens (tertiary/aromatic N) is 2. The molecule has 0 aliphatic carbocycles. The molecule has 4 nitrogen and oxygen atoms in total. The molecular formula is C11H13N3OS. The molecule has 0 radical (unpaired) electrons. The molecule has 0 fully saturated rings. The van der Waals surface area contributed by atoms with Crippen molar-refractivity contribution in [2.45, 2.75) is 13.1 Å². The van der Waals surface area contributed by atoms with Gasteiger partial charge in [0.1, 0.15) is 0 Å². The highest BCUT2D eigenvalue weighted by Gasteiger charge is 1.98. The monoisotopic (exact) mass is 235 g/mol. The summed E-state index contributed by atoms with van der Waals surface area (Å²) in [4.78, 5) is 9.56. The second-order valence-corrected chi connectivity index (χ2v) is 4.21. The zero-order valence-electron chi connectivity index (χ0n) is 9.01. The highest BCUT2D eigenvalue weighted by Crippen LogP contribution is 2.07. The van der Waals surface area contributed by atoms with E-state index < -0.39 is 0 Å². The normalized spacial score (nSPS) is 10.3. The number of hydrogen-bond donors (Lipinski definition) is 1. The first-order chi connectivity index (χ1) is 7.88. The second-order valence-electron chi connectivity index (χ2n) is 3.24. The van der Waals surface area contributed by atoms with Crippen LogP contribution in [0, 0.1) is 0 Å². The van der Waals surface area contributed by atoms with Crippen LogP contribution in [-0.2, 0) is 13.1 Å². The van der Waals surface area contributed by atoms with E-state index in [4.69, 9.17) is 4.74 Å². The summed E-state index contributed by atoms with van der Waals surface area (Å²) in [6, 6.07) is 5.75. The van der Waals surface area contributed by atoms with Crippen molar-refractivity contribution in [1.29, 1.82) is 0 Å². The fraction of sp³-hybridized carbons (Fsp3) is 0.273. The number of rotatable bonds is 5. The summed E-state index contributed by atoms with van der Waals surface area (Å²) >= 11 is 1.65. The molecule has 1 N–H and O–H groups in total. The van der Waals surface area contributed by atoms with Gasteiger partial charge in [-0.05, 0) is 6.07 Å². The minimum atomic E-state index is 0.650. The summed E-state index contributed by atoms with van der Waals surface area (Å²) in [6.45, 7) is 1.55. The van der Waals surface area contributed by atoms with Crippen LogP contribution in [0.5, 0.6) is 5.88 Å². The lowest BCUT2D eigenvalue weighted by Gasteiger charge is -2.04. The third-order valence-electron chi connectivity index (χ3n) is 2.08. The summed E-state index contributed by atoms with van der Waals surface area (Å²) in [7, 11) is 1.62. The minimum Gasteiger partial charge on any atom is -0.481 e. The maximum Gasteiger partial charge on any atom is 0.213 e. The molecule has 0 unspecified atom stereocenters. The van der Waals surface area contributed by atoms with E-state index in [0.29, 0.717) is 5.88 Å². The van der Waals surface area contributed by atoms with Crippen LogP contribution in [-0.4, -0.2) is 17.1 Å². The Morgan fingerprint density at radius 1 is 1.38 bits per heavy atom. The molecule has 0 atom stereocenters. The number of hydrogen-bond acceptors (Lipinski definition) is 5. The maximum absolute atomic E-state index is 5.06. The minimum absolute atomic E-state index is 0.650. The molecule has 2 heterocycles. The van der Waals surface area contributed by atoms with Crippen molar-refractivity contribution in [3.63, 3.8) is 0 Å². The van der Waals surface area contributed by atoms with E-state index in [1.54, 1.807) is 18.4 Å². The lowest BCUT2D eigenvalue weighted by molar-refractivity contribution is 0.395. The highest BCUT2D eigenvalue weighted by atomic mass is 32.1. The molecule has 0 spiro atoms. The Hall–Kier alpha value is -1.46.